The number of hydrogen-bond donors (Lipinski definition) is 1. The zero-order chi connectivity index (χ0) is 13.9. The Hall–Kier alpha value is -0.680. The lowest BCUT2D eigenvalue weighted by Crippen LogP contribution is -2.40. The van der Waals surface area contributed by atoms with Crippen molar-refractivity contribution in [2.24, 2.45) is 5.73 Å². The van der Waals surface area contributed by atoms with E-state index in [4.69, 9.17) is 10.7 Å². The molecule has 0 saturated heterocycles. The Kier molecular flexibility index (Phi) is 4.79. The topological polar surface area (TPSA) is 55.0 Å². The summed E-state index contributed by atoms with van der Waals surface area (Å²) in [5.41, 5.74) is 5.80. The van der Waals surface area contributed by atoms with Gasteiger partial charge in [-0.2, -0.15) is 4.37 Å². The van der Waals surface area contributed by atoms with Crippen LogP contribution in [0.25, 0.3) is 0 Å². The van der Waals surface area contributed by atoms with Crippen LogP contribution in [0.3, 0.4) is 0 Å². The molecule has 1 aliphatic carbocycles. The predicted molar refractivity (Wildman–Crippen MR) is 81.9 cm³/mol. The van der Waals surface area contributed by atoms with Gasteiger partial charge in [0.1, 0.15) is 5.82 Å². The second-order valence-corrected chi connectivity index (χ2v) is 7.15. The fourth-order valence-corrected chi connectivity index (χ4v) is 3.56. The summed E-state index contributed by atoms with van der Waals surface area (Å²) < 4.78 is 4.53. The quantitative estimate of drug-likeness (QED) is 0.922. The van der Waals surface area contributed by atoms with Crippen molar-refractivity contribution in [3.05, 3.63) is 5.82 Å². The van der Waals surface area contributed by atoms with Gasteiger partial charge in [-0.1, -0.05) is 40.0 Å². The fraction of sp³-hybridized carbons (Fsp3) is 0.857. The van der Waals surface area contributed by atoms with Crippen LogP contribution in [0.1, 0.15) is 58.7 Å². The van der Waals surface area contributed by atoms with Gasteiger partial charge in [-0.25, -0.2) is 4.98 Å². The van der Waals surface area contributed by atoms with Crippen molar-refractivity contribution >= 4 is 16.7 Å². The minimum atomic E-state index is 0.0235. The third-order valence-corrected chi connectivity index (χ3v) is 4.47. The fourth-order valence-electron chi connectivity index (χ4n) is 2.60. The third kappa shape index (κ3) is 3.66. The van der Waals surface area contributed by atoms with Crippen molar-refractivity contribution in [1.82, 2.24) is 9.36 Å². The summed E-state index contributed by atoms with van der Waals surface area (Å²) in [6, 6.07) is 0.609. The summed E-state index contributed by atoms with van der Waals surface area (Å²) in [6.07, 6.45) is 6.57. The van der Waals surface area contributed by atoms with Crippen molar-refractivity contribution in [2.45, 2.75) is 64.3 Å². The van der Waals surface area contributed by atoms with E-state index in [0.717, 1.165) is 17.5 Å². The van der Waals surface area contributed by atoms with Crippen LogP contribution in [0, 0.1) is 0 Å². The van der Waals surface area contributed by atoms with Crippen LogP contribution in [0.15, 0.2) is 0 Å². The molecule has 0 unspecified atom stereocenters. The minimum Gasteiger partial charge on any atom is -0.343 e. The highest BCUT2D eigenvalue weighted by molar-refractivity contribution is 7.09. The van der Waals surface area contributed by atoms with Gasteiger partial charge in [-0.05, 0) is 12.8 Å². The Morgan fingerprint density at radius 3 is 2.47 bits per heavy atom. The molecule has 0 atom stereocenters. The van der Waals surface area contributed by atoms with Gasteiger partial charge in [0.25, 0.3) is 0 Å². The summed E-state index contributed by atoms with van der Waals surface area (Å²) in [7, 11) is 0. The first-order valence-corrected chi connectivity index (χ1v) is 8.10. The normalized spacial score (nSPS) is 17.7. The van der Waals surface area contributed by atoms with Crippen molar-refractivity contribution < 1.29 is 0 Å². The molecule has 19 heavy (non-hydrogen) atoms. The Bertz CT molecular complexity index is 390. The van der Waals surface area contributed by atoms with Crippen LogP contribution >= 0.6 is 11.5 Å². The Morgan fingerprint density at radius 2 is 1.95 bits per heavy atom. The zero-order valence-electron chi connectivity index (χ0n) is 12.4. The lowest BCUT2D eigenvalue weighted by Gasteiger charge is -2.33. The van der Waals surface area contributed by atoms with Gasteiger partial charge in [-0.15, -0.1) is 0 Å². The molecule has 2 rings (SSSR count). The van der Waals surface area contributed by atoms with Crippen molar-refractivity contribution in [2.75, 3.05) is 18.0 Å². The highest BCUT2D eigenvalue weighted by Gasteiger charge is 2.26. The second kappa shape index (κ2) is 6.18. The molecule has 1 saturated carbocycles. The van der Waals surface area contributed by atoms with E-state index < -0.39 is 0 Å². The van der Waals surface area contributed by atoms with Gasteiger partial charge in [0.05, 0.1) is 0 Å². The molecule has 0 spiro atoms. The van der Waals surface area contributed by atoms with Gasteiger partial charge in [0.15, 0.2) is 0 Å². The summed E-state index contributed by atoms with van der Waals surface area (Å²) in [6.45, 7) is 8.05. The molecule has 0 radical (unpaired) electrons. The number of anilines is 1. The summed E-state index contributed by atoms with van der Waals surface area (Å²) >= 11 is 1.53. The third-order valence-electron chi connectivity index (χ3n) is 3.72. The predicted octanol–water partition coefficient (Wildman–Crippen LogP) is 2.93. The average molecular weight is 282 g/mol. The lowest BCUT2D eigenvalue weighted by molar-refractivity contribution is 0.415. The number of aromatic nitrogens is 2. The average Bonchev–Trinajstić information content (AvgIpc) is 2.86. The first-order chi connectivity index (χ1) is 9.02. The van der Waals surface area contributed by atoms with Crippen molar-refractivity contribution in [3.8, 4) is 0 Å². The molecular formula is C14H26N4S. The SMILES string of the molecule is CC(C)(C)c1nsc(N(CCN)C2CCCCC2)n1. The van der Waals surface area contributed by atoms with Gasteiger partial charge < -0.3 is 10.6 Å². The lowest BCUT2D eigenvalue weighted by atomic mass is 9.94. The summed E-state index contributed by atoms with van der Waals surface area (Å²) in [5, 5.41) is 1.06. The van der Waals surface area contributed by atoms with E-state index >= 15 is 0 Å². The zero-order valence-corrected chi connectivity index (χ0v) is 13.2. The first kappa shape index (κ1) is 14.7. The van der Waals surface area contributed by atoms with Crippen molar-refractivity contribution in [3.63, 3.8) is 0 Å². The highest BCUT2D eigenvalue weighted by atomic mass is 32.1. The second-order valence-electron chi connectivity index (χ2n) is 6.42. The molecule has 1 fully saturated rings. The molecule has 1 heterocycles. The number of hydrogen-bond acceptors (Lipinski definition) is 5. The Balaban J connectivity index is 2.16. The van der Waals surface area contributed by atoms with E-state index in [-0.39, 0.29) is 5.41 Å². The smallest absolute Gasteiger partial charge is 0.205 e. The van der Waals surface area contributed by atoms with Gasteiger partial charge >= 0.3 is 0 Å². The monoisotopic (exact) mass is 282 g/mol. The molecule has 1 aromatic heterocycles. The van der Waals surface area contributed by atoms with Crippen LogP contribution in [0.5, 0.6) is 0 Å². The van der Waals surface area contributed by atoms with Crippen LogP contribution in [-0.2, 0) is 5.41 Å². The van der Waals surface area contributed by atoms with E-state index in [1.54, 1.807) is 0 Å². The van der Waals surface area contributed by atoms with Gasteiger partial charge in [-0.3, -0.25) is 0 Å². The van der Waals surface area contributed by atoms with E-state index in [2.05, 4.69) is 30.0 Å². The standard InChI is InChI=1S/C14H26N4S/c1-14(2,3)12-16-13(19-17-12)18(10-9-15)11-7-5-4-6-8-11/h11H,4-10,15H2,1-3H3. The number of nitrogens with zero attached hydrogens (tertiary/aromatic N) is 3. The molecule has 1 aromatic rings. The Labute approximate surface area is 120 Å². The van der Waals surface area contributed by atoms with Gasteiger partial charge in [0.2, 0.25) is 5.13 Å². The number of nitrogens with two attached hydrogens (primary N) is 1. The van der Waals surface area contributed by atoms with Crippen LogP contribution in [0.2, 0.25) is 0 Å². The maximum absolute atomic E-state index is 5.78. The first-order valence-electron chi connectivity index (χ1n) is 7.33. The molecule has 0 bridgehead atoms. The Morgan fingerprint density at radius 1 is 1.26 bits per heavy atom. The highest BCUT2D eigenvalue weighted by Crippen LogP contribution is 2.30. The van der Waals surface area contributed by atoms with Crippen LogP contribution in [-0.4, -0.2) is 28.5 Å². The molecule has 108 valence electrons. The maximum Gasteiger partial charge on any atom is 0.205 e. The van der Waals surface area contributed by atoms with E-state index in [1.165, 1.54) is 43.6 Å². The largest absolute Gasteiger partial charge is 0.343 e. The summed E-state index contributed by atoms with van der Waals surface area (Å²) in [4.78, 5) is 7.15. The van der Waals surface area contributed by atoms with E-state index in [9.17, 15) is 0 Å². The molecule has 0 aliphatic heterocycles. The molecule has 2 N–H and O–H groups in total. The number of rotatable bonds is 4. The molecule has 0 amide bonds. The van der Waals surface area contributed by atoms with Crippen molar-refractivity contribution in [1.29, 1.82) is 0 Å². The summed E-state index contributed by atoms with van der Waals surface area (Å²) in [5.74, 6) is 0.949. The molecule has 0 aromatic carbocycles. The molecule has 4 nitrogen and oxygen atoms in total. The maximum atomic E-state index is 5.78. The van der Waals surface area contributed by atoms with E-state index in [1.807, 2.05) is 0 Å². The van der Waals surface area contributed by atoms with E-state index in [0.29, 0.717) is 12.6 Å². The van der Waals surface area contributed by atoms with Crippen LogP contribution in [0.4, 0.5) is 5.13 Å². The molecular weight excluding hydrogens is 256 g/mol. The van der Waals surface area contributed by atoms with Gasteiger partial charge in [0, 0.05) is 36.1 Å². The molecule has 1 aliphatic rings. The van der Waals surface area contributed by atoms with Crippen LogP contribution < -0.4 is 10.6 Å². The minimum absolute atomic E-state index is 0.0235. The molecule has 5 heteroatoms.